The third-order valence-corrected chi connectivity index (χ3v) is 5.25. The number of carbonyl (C=O) groups excluding carboxylic acids is 1. The predicted molar refractivity (Wildman–Crippen MR) is 137 cm³/mol. The van der Waals surface area contributed by atoms with E-state index in [2.05, 4.69) is 50.0 Å². The molecule has 2 N–H and O–H groups in total. The maximum Gasteiger partial charge on any atom is 0.407 e. The monoisotopic (exact) mass is 470 g/mol. The number of benzene rings is 2. The molecular weight excluding hydrogens is 440 g/mol. The lowest BCUT2D eigenvalue weighted by atomic mass is 9.97. The highest BCUT2D eigenvalue weighted by Gasteiger charge is 2.14. The lowest BCUT2D eigenvalue weighted by Gasteiger charge is -2.20. The van der Waals surface area contributed by atoms with Gasteiger partial charge in [0.25, 0.3) is 0 Å². The number of pyridine rings is 1. The molecule has 180 valence electrons. The molecule has 4 aromatic rings. The smallest absolute Gasteiger partial charge is 0.407 e. The Morgan fingerprint density at radius 1 is 1.00 bits per heavy atom. The molecule has 0 saturated carbocycles. The van der Waals surface area contributed by atoms with Gasteiger partial charge in [-0.3, -0.25) is 9.67 Å². The van der Waals surface area contributed by atoms with E-state index in [1.165, 1.54) is 6.33 Å². The lowest BCUT2D eigenvalue weighted by molar-refractivity contribution is 0.131. The van der Waals surface area contributed by atoms with Crippen molar-refractivity contribution in [1.82, 2.24) is 25.1 Å². The minimum absolute atomic E-state index is 0.220. The molecule has 2 aromatic carbocycles. The molecule has 4 rings (SSSR count). The van der Waals surface area contributed by atoms with E-state index >= 15 is 0 Å². The molecule has 0 aliphatic rings. The number of ether oxygens (including phenoxy) is 1. The number of nitrogens with zero attached hydrogens (tertiary/aromatic N) is 4. The van der Waals surface area contributed by atoms with Crippen molar-refractivity contribution in [3.8, 4) is 22.3 Å². The van der Waals surface area contributed by atoms with Gasteiger partial charge in [-0.1, -0.05) is 36.4 Å². The summed E-state index contributed by atoms with van der Waals surface area (Å²) >= 11 is 0. The fourth-order valence-corrected chi connectivity index (χ4v) is 3.58. The van der Waals surface area contributed by atoms with Crippen LogP contribution in [0.25, 0.3) is 22.3 Å². The van der Waals surface area contributed by atoms with Crippen molar-refractivity contribution in [2.75, 3.05) is 11.9 Å². The second-order valence-corrected chi connectivity index (χ2v) is 9.24. The Labute approximate surface area is 205 Å². The van der Waals surface area contributed by atoms with E-state index in [9.17, 15) is 4.79 Å². The first kappa shape index (κ1) is 23.9. The maximum atomic E-state index is 11.9. The second-order valence-electron chi connectivity index (χ2n) is 9.24. The third kappa shape index (κ3) is 6.89. The van der Waals surface area contributed by atoms with E-state index in [-0.39, 0.29) is 12.1 Å². The SMILES string of the molecule is CC(C)(C)NC(=O)OCc1ccc(-c2ccc(NCCn3cncn3)c(-c3cccnc3)c2)cc1. The molecule has 2 heterocycles. The Morgan fingerprint density at radius 3 is 2.49 bits per heavy atom. The van der Waals surface area contributed by atoms with Gasteiger partial charge in [-0.2, -0.15) is 5.10 Å². The molecule has 0 fully saturated rings. The Morgan fingerprint density at radius 2 is 1.80 bits per heavy atom. The molecule has 8 heteroatoms. The van der Waals surface area contributed by atoms with Crippen LogP contribution in [-0.2, 0) is 17.9 Å². The van der Waals surface area contributed by atoms with E-state index < -0.39 is 6.09 Å². The zero-order valence-corrected chi connectivity index (χ0v) is 20.2. The second kappa shape index (κ2) is 10.8. The summed E-state index contributed by atoms with van der Waals surface area (Å²) in [6.07, 6.45) is 6.46. The fourth-order valence-electron chi connectivity index (χ4n) is 3.58. The number of amides is 1. The molecule has 8 nitrogen and oxygen atoms in total. The van der Waals surface area contributed by atoms with Gasteiger partial charge in [0.1, 0.15) is 19.3 Å². The minimum atomic E-state index is -0.422. The molecule has 1 amide bonds. The predicted octanol–water partition coefficient (Wildman–Crippen LogP) is 5.14. The Hall–Kier alpha value is -4.20. The first-order valence-electron chi connectivity index (χ1n) is 11.5. The van der Waals surface area contributed by atoms with E-state index in [0.29, 0.717) is 13.1 Å². The number of aromatic nitrogens is 4. The minimum Gasteiger partial charge on any atom is -0.445 e. The normalized spacial score (nSPS) is 11.2. The van der Waals surface area contributed by atoms with Crippen LogP contribution in [0.15, 0.2) is 79.6 Å². The van der Waals surface area contributed by atoms with Gasteiger partial charge in [0.15, 0.2) is 0 Å². The van der Waals surface area contributed by atoms with Crippen LogP contribution in [0.3, 0.4) is 0 Å². The summed E-state index contributed by atoms with van der Waals surface area (Å²) in [5, 5.41) is 10.5. The highest BCUT2D eigenvalue weighted by molar-refractivity contribution is 5.82. The van der Waals surface area contributed by atoms with Crippen molar-refractivity contribution >= 4 is 11.8 Å². The number of nitrogens with one attached hydrogen (secondary N) is 2. The Bertz CT molecular complexity index is 1230. The fraction of sp³-hybridized carbons (Fsp3) is 0.259. The van der Waals surface area contributed by atoms with Crippen LogP contribution in [-0.4, -0.2) is 37.9 Å². The highest BCUT2D eigenvalue weighted by atomic mass is 16.5. The quantitative estimate of drug-likeness (QED) is 0.370. The van der Waals surface area contributed by atoms with Gasteiger partial charge in [0.05, 0.1) is 6.54 Å². The molecular formula is C27H30N6O2. The van der Waals surface area contributed by atoms with E-state index in [4.69, 9.17) is 4.74 Å². The van der Waals surface area contributed by atoms with Crippen LogP contribution < -0.4 is 10.6 Å². The van der Waals surface area contributed by atoms with Crippen molar-refractivity contribution in [1.29, 1.82) is 0 Å². The number of hydrogen-bond donors (Lipinski definition) is 2. The van der Waals surface area contributed by atoms with Gasteiger partial charge in [0, 0.05) is 41.3 Å². The Balaban J connectivity index is 1.48. The number of carbonyl (C=O) groups is 1. The molecule has 0 aliphatic heterocycles. The standard InChI is InChI=1S/C27H30N6O2/c1-27(2,3)32-26(34)35-17-20-6-8-21(9-7-20)22-10-11-25(30-13-14-33-19-29-18-31-33)24(15-22)23-5-4-12-28-16-23/h4-12,15-16,18-19,30H,13-14,17H2,1-3H3,(H,32,34). The molecule has 0 radical (unpaired) electrons. The average Bonchev–Trinajstić information content (AvgIpc) is 3.36. The van der Waals surface area contributed by atoms with Crippen LogP contribution in [0.2, 0.25) is 0 Å². The van der Waals surface area contributed by atoms with Gasteiger partial charge in [-0.25, -0.2) is 9.78 Å². The molecule has 0 spiro atoms. The molecule has 2 aromatic heterocycles. The van der Waals surface area contributed by atoms with Gasteiger partial charge in [-0.05, 0) is 55.7 Å². The Kier molecular flexibility index (Phi) is 7.40. The molecule has 0 unspecified atom stereocenters. The van der Waals surface area contributed by atoms with Crippen molar-refractivity contribution in [2.24, 2.45) is 0 Å². The summed E-state index contributed by atoms with van der Waals surface area (Å²) in [4.78, 5) is 20.2. The highest BCUT2D eigenvalue weighted by Crippen LogP contribution is 2.32. The summed E-state index contributed by atoms with van der Waals surface area (Å²) in [7, 11) is 0. The summed E-state index contributed by atoms with van der Waals surface area (Å²) in [5.41, 5.74) is 5.89. The average molecular weight is 471 g/mol. The van der Waals surface area contributed by atoms with Crippen molar-refractivity contribution < 1.29 is 9.53 Å². The summed E-state index contributed by atoms with van der Waals surface area (Å²) < 4.78 is 7.13. The third-order valence-electron chi connectivity index (χ3n) is 5.25. The number of rotatable bonds is 8. The molecule has 35 heavy (non-hydrogen) atoms. The first-order valence-corrected chi connectivity index (χ1v) is 11.5. The van der Waals surface area contributed by atoms with Gasteiger partial charge < -0.3 is 15.4 Å². The van der Waals surface area contributed by atoms with Crippen LogP contribution in [0.1, 0.15) is 26.3 Å². The number of alkyl carbamates (subject to hydrolysis) is 1. The lowest BCUT2D eigenvalue weighted by Crippen LogP contribution is -2.40. The van der Waals surface area contributed by atoms with Crippen LogP contribution in [0, 0.1) is 0 Å². The molecule has 0 atom stereocenters. The van der Waals surface area contributed by atoms with Gasteiger partial charge in [0.2, 0.25) is 0 Å². The van der Waals surface area contributed by atoms with Crippen LogP contribution in [0.5, 0.6) is 0 Å². The van der Waals surface area contributed by atoms with E-state index in [1.54, 1.807) is 17.2 Å². The zero-order chi connectivity index (χ0) is 24.7. The van der Waals surface area contributed by atoms with E-state index in [0.717, 1.165) is 33.5 Å². The first-order chi connectivity index (χ1) is 16.9. The van der Waals surface area contributed by atoms with Gasteiger partial charge >= 0.3 is 6.09 Å². The summed E-state index contributed by atoms with van der Waals surface area (Å²) in [6, 6.07) is 18.4. The molecule has 0 saturated heterocycles. The van der Waals surface area contributed by atoms with Crippen molar-refractivity contribution in [3.63, 3.8) is 0 Å². The maximum absolute atomic E-state index is 11.9. The van der Waals surface area contributed by atoms with Crippen LogP contribution >= 0.6 is 0 Å². The van der Waals surface area contributed by atoms with E-state index in [1.807, 2.05) is 57.3 Å². The zero-order valence-electron chi connectivity index (χ0n) is 20.2. The number of anilines is 1. The van der Waals surface area contributed by atoms with Crippen molar-refractivity contribution in [3.05, 3.63) is 85.2 Å². The summed E-state index contributed by atoms with van der Waals surface area (Å²) in [5.74, 6) is 0. The largest absolute Gasteiger partial charge is 0.445 e. The van der Waals surface area contributed by atoms with Gasteiger partial charge in [-0.15, -0.1) is 0 Å². The molecule has 0 bridgehead atoms. The van der Waals surface area contributed by atoms with Crippen LogP contribution in [0.4, 0.5) is 10.5 Å². The topological polar surface area (TPSA) is 94.0 Å². The summed E-state index contributed by atoms with van der Waals surface area (Å²) in [6.45, 7) is 7.40. The van der Waals surface area contributed by atoms with Crippen molar-refractivity contribution in [2.45, 2.75) is 39.5 Å². The number of hydrogen-bond acceptors (Lipinski definition) is 6. The molecule has 0 aliphatic carbocycles.